The first kappa shape index (κ1) is 21.8. The van der Waals surface area contributed by atoms with Crippen LogP contribution >= 0.6 is 0 Å². The van der Waals surface area contributed by atoms with Crippen LogP contribution in [0.3, 0.4) is 0 Å². The van der Waals surface area contributed by atoms with Crippen molar-refractivity contribution in [3.8, 4) is 0 Å². The molecule has 3 rings (SSSR count). The van der Waals surface area contributed by atoms with Gasteiger partial charge in [0.25, 0.3) is 0 Å². The summed E-state index contributed by atoms with van der Waals surface area (Å²) in [7, 11) is -3.59. The van der Waals surface area contributed by atoms with E-state index in [4.69, 9.17) is 9.47 Å². The lowest BCUT2D eigenvalue weighted by molar-refractivity contribution is -0.241. The topological polar surface area (TPSA) is 72.9 Å². The van der Waals surface area contributed by atoms with E-state index in [9.17, 15) is 13.2 Å². The lowest BCUT2D eigenvalue weighted by Crippen LogP contribution is -2.57. The number of esters is 1. The van der Waals surface area contributed by atoms with Gasteiger partial charge in [-0.05, 0) is 51.9 Å². The molecule has 0 aromatic heterocycles. The van der Waals surface area contributed by atoms with Gasteiger partial charge in [-0.15, -0.1) is 6.58 Å². The Bertz CT molecular complexity index is 751. The molecule has 1 saturated heterocycles. The SMILES string of the molecule is C=CC[C@H]1O[C@@]2(C[C@H]3CC[C@]2(CS(=O)(=O)N(C(C)C)C(C)C)C3(C)C)OC1=O. The third-order valence-corrected chi connectivity index (χ3v) is 9.77. The highest BCUT2D eigenvalue weighted by Crippen LogP contribution is 2.72. The molecule has 7 heteroatoms. The molecule has 1 aliphatic heterocycles. The minimum atomic E-state index is -3.59. The Kier molecular flexibility index (Phi) is 5.30. The van der Waals surface area contributed by atoms with Gasteiger partial charge in [0.2, 0.25) is 15.8 Å². The Morgan fingerprint density at radius 2 is 1.86 bits per heavy atom. The zero-order chi connectivity index (χ0) is 21.1. The zero-order valence-electron chi connectivity index (χ0n) is 18.0. The van der Waals surface area contributed by atoms with E-state index in [1.165, 1.54) is 0 Å². The number of hydrogen-bond donors (Lipinski definition) is 0. The normalized spacial score (nSPS) is 36.8. The number of carbonyl (C=O) groups is 1. The number of fused-ring (bicyclic) bond motifs is 3. The lowest BCUT2D eigenvalue weighted by Gasteiger charge is -2.47. The minimum absolute atomic E-state index is 0.0616. The van der Waals surface area contributed by atoms with E-state index >= 15 is 0 Å². The van der Waals surface area contributed by atoms with Crippen molar-refractivity contribution in [1.29, 1.82) is 0 Å². The van der Waals surface area contributed by atoms with Crippen molar-refractivity contribution in [2.45, 2.75) is 91.2 Å². The maximum absolute atomic E-state index is 13.6. The average Bonchev–Trinajstić information content (AvgIpc) is 3.02. The smallest absolute Gasteiger partial charge is 0.338 e. The Morgan fingerprint density at radius 3 is 2.36 bits per heavy atom. The molecule has 4 atom stereocenters. The fourth-order valence-electron chi connectivity index (χ4n) is 6.17. The van der Waals surface area contributed by atoms with Gasteiger partial charge in [0.15, 0.2) is 6.10 Å². The third-order valence-electron chi connectivity index (χ3n) is 7.43. The van der Waals surface area contributed by atoms with E-state index in [1.807, 2.05) is 27.7 Å². The van der Waals surface area contributed by atoms with E-state index in [-0.39, 0.29) is 29.2 Å². The molecule has 3 fully saturated rings. The van der Waals surface area contributed by atoms with E-state index in [1.54, 1.807) is 10.4 Å². The molecule has 1 heterocycles. The van der Waals surface area contributed by atoms with Crippen LogP contribution in [0.25, 0.3) is 0 Å². The van der Waals surface area contributed by atoms with E-state index in [0.717, 1.165) is 6.42 Å². The van der Waals surface area contributed by atoms with Crippen molar-refractivity contribution in [3.63, 3.8) is 0 Å². The van der Waals surface area contributed by atoms with Crippen molar-refractivity contribution in [2.75, 3.05) is 5.75 Å². The standard InChI is InChI=1S/C21H35NO5S/c1-8-9-17-18(23)27-21(26-17)12-16-10-11-20(21,19(16,6)7)13-28(24,25)22(14(2)3)15(4)5/h8,14-17H,1,9-13H2,2-7H3/t16-,17-,20+,21+/m1/s1. The Hall–Kier alpha value is -0.920. The summed E-state index contributed by atoms with van der Waals surface area (Å²) < 4.78 is 40.9. The molecule has 0 N–H and O–H groups in total. The van der Waals surface area contributed by atoms with Crippen LogP contribution in [-0.4, -0.2) is 48.4 Å². The van der Waals surface area contributed by atoms with Crippen LogP contribution in [-0.2, 0) is 24.3 Å². The van der Waals surface area contributed by atoms with Gasteiger partial charge in [-0.3, -0.25) is 0 Å². The van der Waals surface area contributed by atoms with Gasteiger partial charge in [-0.25, -0.2) is 13.2 Å². The average molecular weight is 414 g/mol. The lowest BCUT2D eigenvalue weighted by atomic mass is 9.68. The van der Waals surface area contributed by atoms with Gasteiger partial charge in [0, 0.05) is 24.9 Å². The predicted octanol–water partition coefficient (Wildman–Crippen LogP) is 3.48. The molecule has 6 nitrogen and oxygen atoms in total. The van der Waals surface area contributed by atoms with Gasteiger partial charge in [0.05, 0.1) is 11.2 Å². The van der Waals surface area contributed by atoms with E-state index < -0.39 is 33.3 Å². The molecule has 1 spiro atoms. The van der Waals surface area contributed by atoms with E-state index in [0.29, 0.717) is 19.3 Å². The largest absolute Gasteiger partial charge is 0.430 e. The maximum Gasteiger partial charge on any atom is 0.338 e. The first-order valence-electron chi connectivity index (χ1n) is 10.4. The van der Waals surface area contributed by atoms with Crippen molar-refractivity contribution in [3.05, 3.63) is 12.7 Å². The zero-order valence-corrected chi connectivity index (χ0v) is 18.8. The van der Waals surface area contributed by atoms with Crippen molar-refractivity contribution >= 4 is 16.0 Å². The van der Waals surface area contributed by atoms with Crippen molar-refractivity contribution in [1.82, 2.24) is 4.31 Å². The highest BCUT2D eigenvalue weighted by atomic mass is 32.2. The first-order valence-corrected chi connectivity index (χ1v) is 12.0. The monoisotopic (exact) mass is 413 g/mol. The Morgan fingerprint density at radius 1 is 1.25 bits per heavy atom. The Labute approximate surface area is 169 Å². The van der Waals surface area contributed by atoms with Gasteiger partial charge in [-0.1, -0.05) is 19.9 Å². The number of carbonyl (C=O) groups excluding carboxylic acids is 1. The number of ether oxygens (including phenoxy) is 2. The molecule has 2 saturated carbocycles. The summed E-state index contributed by atoms with van der Waals surface area (Å²) in [4.78, 5) is 12.5. The van der Waals surface area contributed by atoms with Gasteiger partial charge in [-0.2, -0.15) is 4.31 Å². The van der Waals surface area contributed by atoms with Crippen LogP contribution in [0.4, 0.5) is 0 Å². The predicted molar refractivity (Wildman–Crippen MR) is 108 cm³/mol. The molecule has 0 radical (unpaired) electrons. The number of sulfonamides is 1. The summed E-state index contributed by atoms with van der Waals surface area (Å²) in [6.45, 7) is 15.5. The third kappa shape index (κ3) is 2.88. The summed E-state index contributed by atoms with van der Waals surface area (Å²) in [6.07, 6.45) is 3.50. The number of hydrogen-bond acceptors (Lipinski definition) is 5. The second-order valence-corrected chi connectivity index (χ2v) is 11.7. The molecule has 2 bridgehead atoms. The van der Waals surface area contributed by atoms with Crippen LogP contribution in [0.15, 0.2) is 12.7 Å². The van der Waals surface area contributed by atoms with Crippen LogP contribution < -0.4 is 0 Å². The fourth-order valence-corrected chi connectivity index (χ4v) is 8.96. The summed E-state index contributed by atoms with van der Waals surface area (Å²) in [5, 5.41) is 0. The minimum Gasteiger partial charge on any atom is -0.430 e. The quantitative estimate of drug-likeness (QED) is 0.472. The molecule has 0 unspecified atom stereocenters. The van der Waals surface area contributed by atoms with Crippen molar-refractivity contribution in [2.24, 2.45) is 16.7 Å². The molecule has 0 aromatic rings. The molecule has 0 aromatic carbocycles. The molecule has 2 aliphatic carbocycles. The number of rotatable bonds is 7. The second kappa shape index (κ2) is 6.81. The molecule has 0 amide bonds. The fraction of sp³-hybridized carbons (Fsp3) is 0.857. The van der Waals surface area contributed by atoms with Crippen molar-refractivity contribution < 1.29 is 22.7 Å². The summed E-state index contributed by atoms with van der Waals surface area (Å²) in [5.74, 6) is -1.35. The van der Waals surface area contributed by atoms with E-state index in [2.05, 4.69) is 20.4 Å². The summed E-state index contributed by atoms with van der Waals surface area (Å²) in [6, 6.07) is -0.278. The summed E-state index contributed by atoms with van der Waals surface area (Å²) in [5.41, 5.74) is -1.06. The molecule has 3 aliphatic rings. The van der Waals surface area contributed by atoms with Gasteiger partial charge < -0.3 is 9.47 Å². The first-order chi connectivity index (χ1) is 12.8. The maximum atomic E-state index is 13.6. The van der Waals surface area contributed by atoms with Crippen LogP contribution in [0.5, 0.6) is 0 Å². The van der Waals surface area contributed by atoms with Crippen LogP contribution in [0, 0.1) is 16.7 Å². The van der Waals surface area contributed by atoms with Gasteiger partial charge >= 0.3 is 5.97 Å². The summed E-state index contributed by atoms with van der Waals surface area (Å²) >= 11 is 0. The highest BCUT2D eigenvalue weighted by Gasteiger charge is 2.77. The molecular formula is C21H35NO5S. The highest BCUT2D eigenvalue weighted by molar-refractivity contribution is 7.89. The molecular weight excluding hydrogens is 378 g/mol. The second-order valence-electron chi connectivity index (χ2n) is 9.82. The van der Waals surface area contributed by atoms with Gasteiger partial charge in [0.1, 0.15) is 0 Å². The molecule has 160 valence electrons. The van der Waals surface area contributed by atoms with Crippen LogP contribution in [0.2, 0.25) is 0 Å². The van der Waals surface area contributed by atoms with Crippen LogP contribution in [0.1, 0.15) is 67.2 Å². The Balaban J connectivity index is 2.05. The number of nitrogens with zero attached hydrogens (tertiary/aromatic N) is 1. The molecule has 28 heavy (non-hydrogen) atoms.